The molecule has 1 atom stereocenters. The van der Waals surface area contributed by atoms with Gasteiger partial charge in [-0.25, -0.2) is 9.48 Å². The lowest BCUT2D eigenvalue weighted by atomic mass is 10.0. The minimum absolute atomic E-state index is 0.0394. The molecule has 0 fully saturated rings. The quantitative estimate of drug-likeness (QED) is 0.699. The number of anilines is 2. The molecule has 1 aliphatic heterocycles. The lowest BCUT2D eigenvalue weighted by Gasteiger charge is -2.23. The van der Waals surface area contributed by atoms with Gasteiger partial charge in [0.1, 0.15) is 11.6 Å². The highest BCUT2D eigenvalue weighted by molar-refractivity contribution is 5.69. The average Bonchev–Trinajstić information content (AvgIpc) is 3.39. The molecule has 0 bridgehead atoms. The van der Waals surface area contributed by atoms with Gasteiger partial charge in [-0.05, 0) is 59.2 Å². The van der Waals surface area contributed by atoms with E-state index in [1.807, 2.05) is 42.8 Å². The second-order valence-electron chi connectivity index (χ2n) is 9.23. The normalized spacial score (nSPS) is 17.6. The fourth-order valence-corrected chi connectivity index (χ4v) is 3.70. The highest BCUT2D eigenvalue weighted by Crippen LogP contribution is 2.38. The van der Waals surface area contributed by atoms with Crippen LogP contribution in [0.3, 0.4) is 0 Å². The number of fused-ring (bicyclic) bond motifs is 1. The van der Waals surface area contributed by atoms with E-state index in [2.05, 4.69) is 37.5 Å². The second-order valence-corrected chi connectivity index (χ2v) is 9.23. The van der Waals surface area contributed by atoms with E-state index in [0.29, 0.717) is 12.2 Å². The molecule has 1 aromatic heterocycles. The Hall–Kier alpha value is -3.16. The van der Waals surface area contributed by atoms with Crippen molar-refractivity contribution in [3.8, 4) is 11.5 Å². The zero-order chi connectivity index (χ0) is 22.2. The molecule has 1 aliphatic carbocycles. The number of aromatic nitrogens is 2. The summed E-state index contributed by atoms with van der Waals surface area (Å²) in [6.45, 7) is 10.4. The van der Waals surface area contributed by atoms with Crippen molar-refractivity contribution in [1.82, 2.24) is 15.1 Å². The van der Waals surface area contributed by atoms with E-state index in [4.69, 9.17) is 19.3 Å². The molecule has 2 N–H and O–H groups in total. The second kappa shape index (κ2) is 8.17. The van der Waals surface area contributed by atoms with Crippen LogP contribution in [0.4, 0.5) is 16.3 Å². The third kappa shape index (κ3) is 4.78. The van der Waals surface area contributed by atoms with E-state index in [-0.39, 0.29) is 24.3 Å². The van der Waals surface area contributed by atoms with Crippen molar-refractivity contribution in [3.05, 3.63) is 41.8 Å². The van der Waals surface area contributed by atoms with Crippen LogP contribution >= 0.6 is 0 Å². The van der Waals surface area contributed by atoms with Gasteiger partial charge >= 0.3 is 6.09 Å². The topological polar surface area (TPSA) is 86.6 Å². The van der Waals surface area contributed by atoms with E-state index >= 15 is 0 Å². The first-order valence-corrected chi connectivity index (χ1v) is 10.6. The first kappa shape index (κ1) is 21.1. The molecule has 0 saturated carbocycles. The van der Waals surface area contributed by atoms with Crippen molar-refractivity contribution in [2.75, 3.05) is 12.1 Å². The summed E-state index contributed by atoms with van der Waals surface area (Å²) in [7, 11) is 0. The van der Waals surface area contributed by atoms with Crippen molar-refractivity contribution in [1.29, 1.82) is 0 Å². The Morgan fingerprint density at radius 1 is 1.23 bits per heavy atom. The number of ether oxygens (including phenoxy) is 3. The van der Waals surface area contributed by atoms with Crippen molar-refractivity contribution in [2.45, 2.75) is 65.0 Å². The maximum Gasteiger partial charge on any atom is 0.412 e. The van der Waals surface area contributed by atoms with Crippen LogP contribution in [0.2, 0.25) is 0 Å². The van der Waals surface area contributed by atoms with Crippen molar-refractivity contribution < 1.29 is 19.0 Å². The SMILES string of the molecule is CC(C)NC(=O)OC1=CC[C@H](c2cc(Nc3ccc4c(c3)OCO4)n(C(C)(C)C)n2)C1. The third-order valence-electron chi connectivity index (χ3n) is 5.13. The molecule has 8 heteroatoms. The van der Waals surface area contributed by atoms with Crippen LogP contribution in [0.5, 0.6) is 11.5 Å². The van der Waals surface area contributed by atoms with Gasteiger partial charge < -0.3 is 24.8 Å². The van der Waals surface area contributed by atoms with Gasteiger partial charge in [-0.15, -0.1) is 0 Å². The monoisotopic (exact) mass is 426 g/mol. The van der Waals surface area contributed by atoms with E-state index in [1.54, 1.807) is 0 Å². The molecule has 2 aliphatic rings. The molecule has 166 valence electrons. The van der Waals surface area contributed by atoms with Gasteiger partial charge in [-0.3, -0.25) is 0 Å². The summed E-state index contributed by atoms with van der Waals surface area (Å²) in [4.78, 5) is 11.9. The van der Waals surface area contributed by atoms with Crippen molar-refractivity contribution in [3.63, 3.8) is 0 Å². The number of carbonyl (C=O) groups is 1. The highest BCUT2D eigenvalue weighted by Gasteiger charge is 2.28. The fraction of sp³-hybridized carbons (Fsp3) is 0.478. The fourth-order valence-electron chi connectivity index (χ4n) is 3.70. The standard InChI is InChI=1S/C23H30N4O4/c1-14(2)24-22(28)31-17-8-6-15(10-17)18-12-21(27(26-18)23(3,4)5)25-16-7-9-19-20(11-16)30-13-29-19/h7-9,11-12,14-15,25H,6,10,13H2,1-5H3,(H,24,28)/t15-/m0/s1. The number of alkyl carbamates (subject to hydrolysis) is 1. The summed E-state index contributed by atoms with van der Waals surface area (Å²) in [5.41, 5.74) is 1.66. The molecular weight excluding hydrogens is 396 g/mol. The molecule has 2 aromatic rings. The molecule has 2 heterocycles. The lowest BCUT2D eigenvalue weighted by molar-refractivity contribution is 0.170. The summed E-state index contributed by atoms with van der Waals surface area (Å²) in [6, 6.07) is 7.90. The molecule has 0 spiro atoms. The Morgan fingerprint density at radius 3 is 2.74 bits per heavy atom. The molecule has 1 amide bonds. The first-order chi connectivity index (χ1) is 14.7. The highest BCUT2D eigenvalue weighted by atomic mass is 16.7. The van der Waals surface area contributed by atoms with Crippen LogP contribution in [-0.2, 0) is 10.3 Å². The molecule has 0 radical (unpaired) electrons. The zero-order valence-electron chi connectivity index (χ0n) is 18.7. The van der Waals surface area contributed by atoms with E-state index in [9.17, 15) is 4.79 Å². The predicted molar refractivity (Wildman–Crippen MR) is 118 cm³/mol. The Balaban J connectivity index is 1.50. The maximum atomic E-state index is 11.9. The van der Waals surface area contributed by atoms with Crippen molar-refractivity contribution >= 4 is 17.6 Å². The molecule has 0 saturated heterocycles. The van der Waals surface area contributed by atoms with Gasteiger partial charge in [0.25, 0.3) is 0 Å². The summed E-state index contributed by atoms with van der Waals surface area (Å²) in [5, 5.41) is 11.1. The number of rotatable bonds is 5. The summed E-state index contributed by atoms with van der Waals surface area (Å²) < 4.78 is 18.3. The smallest absolute Gasteiger partial charge is 0.412 e. The van der Waals surface area contributed by atoms with E-state index in [0.717, 1.165) is 35.1 Å². The number of amides is 1. The first-order valence-electron chi connectivity index (χ1n) is 10.6. The Bertz CT molecular complexity index is 1000. The molecule has 8 nitrogen and oxygen atoms in total. The molecule has 1 aromatic carbocycles. The van der Waals surface area contributed by atoms with Gasteiger partial charge in [-0.1, -0.05) is 0 Å². The van der Waals surface area contributed by atoms with Crippen LogP contribution in [0.15, 0.2) is 36.1 Å². The van der Waals surface area contributed by atoms with Crippen molar-refractivity contribution in [2.24, 2.45) is 0 Å². The zero-order valence-corrected chi connectivity index (χ0v) is 18.7. The summed E-state index contributed by atoms with van der Waals surface area (Å²) in [5.74, 6) is 3.24. The lowest BCUT2D eigenvalue weighted by Crippen LogP contribution is -2.30. The van der Waals surface area contributed by atoms with E-state index < -0.39 is 6.09 Å². The van der Waals surface area contributed by atoms with Gasteiger partial charge in [0.05, 0.1) is 11.2 Å². The Labute approximate surface area is 182 Å². The van der Waals surface area contributed by atoms with Crippen LogP contribution < -0.4 is 20.1 Å². The number of hydrogen-bond donors (Lipinski definition) is 2. The summed E-state index contributed by atoms with van der Waals surface area (Å²) >= 11 is 0. The van der Waals surface area contributed by atoms with E-state index in [1.165, 1.54) is 0 Å². The number of benzene rings is 1. The number of hydrogen-bond acceptors (Lipinski definition) is 6. The van der Waals surface area contributed by atoms with Crippen LogP contribution in [-0.4, -0.2) is 28.7 Å². The largest absolute Gasteiger partial charge is 0.454 e. The van der Waals surface area contributed by atoms with Crippen LogP contribution in [0.1, 0.15) is 59.1 Å². The Kier molecular flexibility index (Phi) is 5.56. The predicted octanol–water partition coefficient (Wildman–Crippen LogP) is 5.01. The summed E-state index contributed by atoms with van der Waals surface area (Å²) in [6.07, 6.45) is 3.00. The van der Waals surface area contributed by atoms with Gasteiger partial charge in [-0.2, -0.15) is 5.10 Å². The van der Waals surface area contributed by atoms with Gasteiger partial charge in [0.15, 0.2) is 11.5 Å². The maximum absolute atomic E-state index is 11.9. The molecular formula is C23H30N4O4. The Morgan fingerprint density at radius 2 is 2.00 bits per heavy atom. The number of nitrogens with zero attached hydrogens (tertiary/aromatic N) is 2. The van der Waals surface area contributed by atoms with Gasteiger partial charge in [0.2, 0.25) is 6.79 Å². The minimum Gasteiger partial charge on any atom is -0.454 e. The number of carbonyl (C=O) groups excluding carboxylic acids is 1. The molecule has 31 heavy (non-hydrogen) atoms. The number of allylic oxidation sites excluding steroid dienone is 2. The van der Waals surface area contributed by atoms with Gasteiger partial charge in [0, 0.05) is 36.2 Å². The molecule has 4 rings (SSSR count). The number of nitrogens with one attached hydrogen (secondary N) is 2. The average molecular weight is 427 g/mol. The third-order valence-corrected chi connectivity index (χ3v) is 5.13. The van der Waals surface area contributed by atoms with Crippen LogP contribution in [0.25, 0.3) is 0 Å². The minimum atomic E-state index is -0.410. The van der Waals surface area contributed by atoms with Crippen LogP contribution in [0, 0.1) is 0 Å². The molecule has 0 unspecified atom stereocenters.